The van der Waals surface area contributed by atoms with Gasteiger partial charge in [0.05, 0.1) is 13.4 Å². The predicted molar refractivity (Wildman–Crippen MR) is 90.6 cm³/mol. The van der Waals surface area contributed by atoms with Gasteiger partial charge < -0.3 is 19.2 Å². The number of furan rings is 1. The van der Waals surface area contributed by atoms with Crippen molar-refractivity contribution in [2.45, 2.75) is 6.04 Å². The van der Waals surface area contributed by atoms with Crippen LogP contribution in [0.25, 0.3) is 0 Å². The van der Waals surface area contributed by atoms with E-state index in [0.29, 0.717) is 12.3 Å². The summed E-state index contributed by atoms with van der Waals surface area (Å²) in [5.74, 6) is 1.84. The zero-order valence-corrected chi connectivity index (χ0v) is 13.8. The smallest absolute Gasteiger partial charge is 0.258 e. The molecule has 0 bridgehead atoms. The van der Waals surface area contributed by atoms with Gasteiger partial charge in [0.25, 0.3) is 5.91 Å². The Hall–Kier alpha value is -3.22. The van der Waals surface area contributed by atoms with Crippen molar-refractivity contribution in [3.63, 3.8) is 0 Å². The molecule has 3 rings (SSSR count). The molecule has 2 aromatic heterocycles. The van der Waals surface area contributed by atoms with Gasteiger partial charge in [0.15, 0.2) is 6.61 Å². The Morgan fingerprint density at radius 3 is 2.68 bits per heavy atom. The van der Waals surface area contributed by atoms with Crippen molar-refractivity contribution in [3.05, 3.63) is 66.9 Å². The summed E-state index contributed by atoms with van der Waals surface area (Å²) in [7, 11) is 1.60. The summed E-state index contributed by atoms with van der Waals surface area (Å²) >= 11 is 0. The van der Waals surface area contributed by atoms with Crippen LogP contribution in [0.1, 0.15) is 11.8 Å². The van der Waals surface area contributed by atoms with E-state index in [2.05, 4.69) is 10.4 Å². The van der Waals surface area contributed by atoms with Gasteiger partial charge in [0, 0.05) is 18.9 Å². The van der Waals surface area contributed by atoms with E-state index in [1.54, 1.807) is 54.6 Å². The Kier molecular flexibility index (Phi) is 5.36. The molecule has 0 spiro atoms. The van der Waals surface area contributed by atoms with E-state index in [0.717, 1.165) is 11.5 Å². The fourth-order valence-electron chi connectivity index (χ4n) is 2.35. The highest BCUT2D eigenvalue weighted by Gasteiger charge is 2.18. The van der Waals surface area contributed by atoms with Crippen LogP contribution in [-0.4, -0.2) is 35.9 Å². The lowest BCUT2D eigenvalue weighted by Gasteiger charge is -2.16. The summed E-state index contributed by atoms with van der Waals surface area (Å²) < 4.78 is 17.7. The minimum atomic E-state index is -0.223. The number of amides is 1. The molecule has 1 aromatic carbocycles. The Bertz CT molecular complexity index is 733. The summed E-state index contributed by atoms with van der Waals surface area (Å²) in [6.45, 7) is 0.274. The number of carbonyl (C=O) groups is 1. The van der Waals surface area contributed by atoms with Crippen molar-refractivity contribution in [1.29, 1.82) is 0 Å². The molecular weight excluding hydrogens is 322 g/mol. The molecule has 0 aliphatic carbocycles. The maximum atomic E-state index is 12.1. The second kappa shape index (κ2) is 8.05. The lowest BCUT2D eigenvalue weighted by Crippen LogP contribution is -2.34. The number of carbonyl (C=O) groups excluding carboxylic acids is 1. The third kappa shape index (κ3) is 4.41. The van der Waals surface area contributed by atoms with Crippen molar-refractivity contribution in [3.8, 4) is 11.5 Å². The SMILES string of the molecule is COc1ccc(OCC(=O)NCC(c2ccco2)n2cccn2)cc1. The highest BCUT2D eigenvalue weighted by molar-refractivity contribution is 5.77. The average molecular weight is 341 g/mol. The molecule has 0 fully saturated rings. The van der Waals surface area contributed by atoms with Crippen LogP contribution in [0.2, 0.25) is 0 Å². The molecule has 2 heterocycles. The number of nitrogens with one attached hydrogen (secondary N) is 1. The Balaban J connectivity index is 1.53. The lowest BCUT2D eigenvalue weighted by atomic mass is 10.2. The molecule has 1 N–H and O–H groups in total. The van der Waals surface area contributed by atoms with Crippen LogP contribution in [0, 0.1) is 0 Å². The molecular formula is C18H19N3O4. The first-order valence-electron chi connectivity index (χ1n) is 7.82. The highest BCUT2D eigenvalue weighted by atomic mass is 16.5. The summed E-state index contributed by atoms with van der Waals surface area (Å²) in [6.07, 6.45) is 5.11. The molecule has 7 heteroatoms. The van der Waals surface area contributed by atoms with Gasteiger partial charge in [-0.25, -0.2) is 0 Å². The minimum absolute atomic E-state index is 0.0731. The second-order valence-corrected chi connectivity index (χ2v) is 5.29. The van der Waals surface area contributed by atoms with Crippen LogP contribution in [0.15, 0.2) is 65.5 Å². The summed E-state index contributed by atoms with van der Waals surface area (Å²) in [4.78, 5) is 12.1. The summed E-state index contributed by atoms with van der Waals surface area (Å²) in [5.41, 5.74) is 0. The number of hydrogen-bond acceptors (Lipinski definition) is 5. The van der Waals surface area contributed by atoms with Crippen molar-refractivity contribution in [2.24, 2.45) is 0 Å². The van der Waals surface area contributed by atoms with E-state index in [1.165, 1.54) is 0 Å². The standard InChI is InChI=1S/C18H19N3O4/c1-23-14-5-7-15(8-6-14)25-13-18(22)19-12-16(17-4-2-11-24-17)21-10-3-9-20-21/h2-11,16H,12-13H2,1H3,(H,19,22). The van der Waals surface area contributed by atoms with Crippen molar-refractivity contribution >= 4 is 5.91 Å². The maximum absolute atomic E-state index is 12.1. The van der Waals surface area contributed by atoms with Crippen LogP contribution in [-0.2, 0) is 4.79 Å². The zero-order valence-electron chi connectivity index (χ0n) is 13.8. The van der Waals surface area contributed by atoms with Crippen LogP contribution in [0.4, 0.5) is 0 Å². The van der Waals surface area contributed by atoms with Gasteiger partial charge in [-0.1, -0.05) is 0 Å². The van der Waals surface area contributed by atoms with E-state index in [4.69, 9.17) is 13.9 Å². The van der Waals surface area contributed by atoms with Gasteiger partial charge in [-0.2, -0.15) is 5.10 Å². The first-order chi connectivity index (χ1) is 12.3. The number of aromatic nitrogens is 2. The molecule has 25 heavy (non-hydrogen) atoms. The molecule has 3 aromatic rings. The predicted octanol–water partition coefficient (Wildman–Crippen LogP) is 2.27. The summed E-state index contributed by atoms with van der Waals surface area (Å²) in [6, 6.07) is 12.3. The van der Waals surface area contributed by atoms with Gasteiger partial charge in [0.1, 0.15) is 23.3 Å². The quantitative estimate of drug-likeness (QED) is 0.680. The minimum Gasteiger partial charge on any atom is -0.497 e. The molecule has 0 aliphatic heterocycles. The topological polar surface area (TPSA) is 78.5 Å². The lowest BCUT2D eigenvalue weighted by molar-refractivity contribution is -0.123. The Morgan fingerprint density at radius 1 is 1.24 bits per heavy atom. The van der Waals surface area contributed by atoms with E-state index < -0.39 is 0 Å². The van der Waals surface area contributed by atoms with Crippen molar-refractivity contribution in [1.82, 2.24) is 15.1 Å². The molecule has 1 amide bonds. The number of benzene rings is 1. The highest BCUT2D eigenvalue weighted by Crippen LogP contribution is 2.18. The molecule has 130 valence electrons. The normalized spacial score (nSPS) is 11.7. The van der Waals surface area contributed by atoms with E-state index >= 15 is 0 Å². The van der Waals surface area contributed by atoms with Crippen LogP contribution >= 0.6 is 0 Å². The second-order valence-electron chi connectivity index (χ2n) is 5.29. The average Bonchev–Trinajstić information content (AvgIpc) is 3.35. The molecule has 0 aliphatic rings. The summed E-state index contributed by atoms with van der Waals surface area (Å²) in [5, 5.41) is 7.07. The molecule has 1 atom stereocenters. The number of methoxy groups -OCH3 is 1. The van der Waals surface area contributed by atoms with E-state index in [1.807, 2.05) is 18.3 Å². The number of nitrogens with zero attached hydrogens (tertiary/aromatic N) is 2. The third-order valence-corrected chi connectivity index (χ3v) is 3.64. The van der Waals surface area contributed by atoms with Crippen LogP contribution in [0.5, 0.6) is 11.5 Å². The number of hydrogen-bond donors (Lipinski definition) is 1. The van der Waals surface area contributed by atoms with Crippen LogP contribution in [0.3, 0.4) is 0 Å². The third-order valence-electron chi connectivity index (χ3n) is 3.64. The molecule has 0 radical (unpaired) electrons. The van der Waals surface area contributed by atoms with Gasteiger partial charge >= 0.3 is 0 Å². The van der Waals surface area contributed by atoms with Gasteiger partial charge in [-0.05, 0) is 42.5 Å². The van der Waals surface area contributed by atoms with E-state index in [9.17, 15) is 4.79 Å². The van der Waals surface area contributed by atoms with Gasteiger partial charge in [-0.15, -0.1) is 0 Å². The number of rotatable bonds is 8. The fourth-order valence-corrected chi connectivity index (χ4v) is 2.35. The van der Waals surface area contributed by atoms with E-state index in [-0.39, 0.29) is 18.6 Å². The molecule has 1 unspecified atom stereocenters. The fraction of sp³-hybridized carbons (Fsp3) is 0.222. The monoisotopic (exact) mass is 341 g/mol. The van der Waals surface area contributed by atoms with Gasteiger partial charge in [0.2, 0.25) is 0 Å². The zero-order chi connectivity index (χ0) is 17.5. The number of ether oxygens (including phenoxy) is 2. The molecule has 0 saturated heterocycles. The van der Waals surface area contributed by atoms with Crippen molar-refractivity contribution in [2.75, 3.05) is 20.3 Å². The Labute approximate surface area is 145 Å². The maximum Gasteiger partial charge on any atom is 0.258 e. The first-order valence-corrected chi connectivity index (χ1v) is 7.82. The van der Waals surface area contributed by atoms with Gasteiger partial charge in [-0.3, -0.25) is 9.48 Å². The Morgan fingerprint density at radius 2 is 2.04 bits per heavy atom. The largest absolute Gasteiger partial charge is 0.497 e. The first kappa shape index (κ1) is 16.6. The molecule has 0 saturated carbocycles. The molecule has 7 nitrogen and oxygen atoms in total. The van der Waals surface area contributed by atoms with Crippen LogP contribution < -0.4 is 14.8 Å². The van der Waals surface area contributed by atoms with Crippen molar-refractivity contribution < 1.29 is 18.7 Å².